The summed E-state index contributed by atoms with van der Waals surface area (Å²) in [4.78, 5) is 40.6. The highest BCUT2D eigenvalue weighted by atomic mass is 32.7. The van der Waals surface area contributed by atoms with E-state index in [4.69, 9.17) is 28.0 Å². The lowest BCUT2D eigenvalue weighted by Gasteiger charge is -2.37. The Labute approximate surface area is 270 Å². The Bertz CT molecular complexity index is 1690. The van der Waals surface area contributed by atoms with E-state index in [1.807, 2.05) is 78.9 Å². The molecule has 1 unspecified atom stereocenters. The molecule has 2 aliphatic rings. The van der Waals surface area contributed by atoms with E-state index in [0.717, 1.165) is 28.1 Å². The average Bonchev–Trinajstić information content (AvgIpc) is 3.69. The molecular weight excluding hydrogens is 631 g/mol. The van der Waals surface area contributed by atoms with E-state index < -0.39 is 42.4 Å². The van der Waals surface area contributed by atoms with E-state index >= 15 is 0 Å². The van der Waals surface area contributed by atoms with Crippen molar-refractivity contribution in [2.24, 2.45) is 0 Å². The number of aromatic amines is 1. The lowest BCUT2D eigenvalue weighted by atomic mass is 9.80. The van der Waals surface area contributed by atoms with Crippen LogP contribution in [0.5, 0.6) is 11.5 Å². The van der Waals surface area contributed by atoms with Crippen molar-refractivity contribution < 1.29 is 32.9 Å². The number of ether oxygens (including phenoxy) is 4. The highest BCUT2D eigenvalue weighted by Gasteiger charge is 2.49. The molecule has 2 saturated heterocycles. The first-order valence-corrected chi connectivity index (χ1v) is 17.9. The summed E-state index contributed by atoms with van der Waals surface area (Å²) < 4.78 is 37.3. The van der Waals surface area contributed by atoms with Crippen LogP contribution in [0.1, 0.15) is 34.9 Å². The SMILES string of the molecule is COc1ccc(C(OC[C@H]2O[C@@H](n3cc(C)c(=O)[nH]c3=O)C[C@@H]2O[P+]2([O-])OCCS2)(c2ccccc2)c2ccc(OC)cc2)cc1. The molecule has 1 aromatic heterocycles. The van der Waals surface area contributed by atoms with Gasteiger partial charge < -0.3 is 23.8 Å². The Hall–Kier alpha value is -3.48. The number of nitrogens with zero attached hydrogens (tertiary/aromatic N) is 1. The summed E-state index contributed by atoms with van der Waals surface area (Å²) >= 11 is 1.13. The lowest BCUT2D eigenvalue weighted by Crippen LogP contribution is -2.39. The van der Waals surface area contributed by atoms with Crippen LogP contribution < -0.4 is 25.6 Å². The van der Waals surface area contributed by atoms with Crippen molar-refractivity contribution in [2.75, 3.05) is 33.2 Å². The van der Waals surface area contributed by atoms with Gasteiger partial charge in [0, 0.05) is 18.2 Å². The summed E-state index contributed by atoms with van der Waals surface area (Å²) in [6, 6.07) is 25.1. The van der Waals surface area contributed by atoms with E-state index in [9.17, 15) is 14.5 Å². The normalized spacial score (nSPS) is 23.0. The molecule has 46 heavy (non-hydrogen) atoms. The van der Waals surface area contributed by atoms with Crippen molar-refractivity contribution in [1.29, 1.82) is 0 Å². The number of aromatic nitrogens is 2. The maximum absolute atomic E-state index is 13.4. The molecule has 2 aliphatic heterocycles. The molecule has 0 spiro atoms. The van der Waals surface area contributed by atoms with Crippen LogP contribution in [-0.4, -0.2) is 54.9 Å². The van der Waals surface area contributed by atoms with Gasteiger partial charge >= 0.3 is 5.69 Å². The molecule has 0 amide bonds. The van der Waals surface area contributed by atoms with Gasteiger partial charge in [-0.05, 0) is 47.9 Å². The second-order valence-electron chi connectivity index (χ2n) is 10.9. The zero-order valence-electron chi connectivity index (χ0n) is 25.6. The van der Waals surface area contributed by atoms with Crippen LogP contribution in [0, 0.1) is 6.92 Å². The van der Waals surface area contributed by atoms with Crippen LogP contribution in [0.15, 0.2) is 94.6 Å². The molecule has 0 bridgehead atoms. The summed E-state index contributed by atoms with van der Waals surface area (Å²) in [6.45, 7) is 1.90. The second kappa shape index (κ2) is 13.7. The Morgan fingerprint density at radius 2 is 1.57 bits per heavy atom. The summed E-state index contributed by atoms with van der Waals surface area (Å²) in [5.41, 5.74) is 0.628. The Morgan fingerprint density at radius 3 is 2.13 bits per heavy atom. The van der Waals surface area contributed by atoms with E-state index in [0.29, 0.717) is 29.4 Å². The van der Waals surface area contributed by atoms with E-state index in [1.54, 1.807) is 21.1 Å². The molecule has 242 valence electrons. The summed E-state index contributed by atoms with van der Waals surface area (Å²) in [5.74, 6) is 1.92. The van der Waals surface area contributed by atoms with E-state index in [2.05, 4.69) is 4.98 Å². The second-order valence-corrected chi connectivity index (χ2v) is 15.1. The fraction of sp³-hybridized carbons (Fsp3) is 0.333. The van der Waals surface area contributed by atoms with Gasteiger partial charge in [0.1, 0.15) is 42.1 Å². The molecular formula is C33H35N2O9PS. The monoisotopic (exact) mass is 666 g/mol. The Kier molecular flexibility index (Phi) is 9.67. The summed E-state index contributed by atoms with van der Waals surface area (Å²) in [7, 11) is -0.230. The zero-order valence-corrected chi connectivity index (χ0v) is 27.3. The van der Waals surface area contributed by atoms with Crippen LogP contribution in [0.3, 0.4) is 0 Å². The maximum Gasteiger partial charge on any atom is 0.330 e. The number of hydrogen-bond donors (Lipinski definition) is 1. The van der Waals surface area contributed by atoms with Gasteiger partial charge in [-0.2, -0.15) is 9.05 Å². The van der Waals surface area contributed by atoms with Gasteiger partial charge in [-0.1, -0.05) is 54.6 Å². The minimum Gasteiger partial charge on any atom is -0.622 e. The van der Waals surface area contributed by atoms with Crippen molar-refractivity contribution >= 4 is 18.5 Å². The van der Waals surface area contributed by atoms with Crippen LogP contribution >= 0.6 is 18.5 Å². The fourth-order valence-electron chi connectivity index (χ4n) is 5.78. The predicted octanol–water partition coefficient (Wildman–Crippen LogP) is 4.34. The minimum absolute atomic E-state index is 0.0180. The van der Waals surface area contributed by atoms with Gasteiger partial charge in [0.2, 0.25) is 0 Å². The fourth-order valence-corrected chi connectivity index (χ4v) is 9.20. The molecule has 3 aromatic carbocycles. The number of aryl methyl sites for hydroxylation is 1. The van der Waals surface area contributed by atoms with Crippen molar-refractivity contribution in [3.05, 3.63) is 128 Å². The van der Waals surface area contributed by atoms with Crippen molar-refractivity contribution in [3.8, 4) is 11.5 Å². The number of benzene rings is 3. The molecule has 6 rings (SSSR count). The third-order valence-corrected chi connectivity index (χ3v) is 11.9. The number of H-pyrrole nitrogens is 1. The Balaban J connectivity index is 1.41. The maximum atomic E-state index is 13.4. The topological polar surface area (TPSA) is 133 Å². The highest BCUT2D eigenvalue weighted by Crippen LogP contribution is 2.69. The van der Waals surface area contributed by atoms with Crippen LogP contribution in [0.4, 0.5) is 0 Å². The molecule has 3 heterocycles. The van der Waals surface area contributed by atoms with Crippen LogP contribution in [0.2, 0.25) is 0 Å². The van der Waals surface area contributed by atoms with Crippen LogP contribution in [0.25, 0.3) is 0 Å². The molecule has 1 N–H and O–H groups in total. The molecule has 4 atom stereocenters. The standard InChI is InChI=1S/C33H35N2O9PS/c1-22-20-35(32(37)34-31(22)36)30-19-28(44-45(38)42-17-18-46-45)29(43-30)21-41-33(23-7-5-4-6-8-23,24-9-13-26(39-2)14-10-24)25-11-15-27(40-3)16-12-25/h4-16,20,28-30H,17-19,21H2,1-3H3,(H,34,36,37)/t28-,29+,30+,45?/m0/s1. The molecule has 0 saturated carbocycles. The largest absolute Gasteiger partial charge is 0.622 e. The van der Waals surface area contributed by atoms with Gasteiger partial charge in [-0.15, -0.1) is 0 Å². The molecule has 4 aromatic rings. The smallest absolute Gasteiger partial charge is 0.330 e. The molecule has 13 heteroatoms. The third-order valence-electron chi connectivity index (χ3n) is 8.12. The van der Waals surface area contributed by atoms with Crippen molar-refractivity contribution in [3.63, 3.8) is 0 Å². The quantitative estimate of drug-likeness (QED) is 0.182. The summed E-state index contributed by atoms with van der Waals surface area (Å²) in [5, 5.41) is 0. The number of rotatable bonds is 11. The first-order chi connectivity index (χ1) is 22.2. The predicted molar refractivity (Wildman–Crippen MR) is 173 cm³/mol. The third kappa shape index (κ3) is 6.52. The van der Waals surface area contributed by atoms with E-state index in [1.165, 1.54) is 10.8 Å². The molecule has 0 aliphatic carbocycles. The first kappa shape index (κ1) is 32.5. The minimum atomic E-state index is -3.45. The van der Waals surface area contributed by atoms with Gasteiger partial charge in [0.15, 0.2) is 0 Å². The number of methoxy groups -OCH3 is 2. The molecule has 2 fully saturated rings. The zero-order chi connectivity index (χ0) is 32.3. The van der Waals surface area contributed by atoms with Gasteiger partial charge in [-0.3, -0.25) is 14.3 Å². The van der Waals surface area contributed by atoms with Gasteiger partial charge in [0.05, 0.1) is 38.0 Å². The van der Waals surface area contributed by atoms with Crippen LogP contribution in [-0.2, 0) is 24.1 Å². The van der Waals surface area contributed by atoms with E-state index in [-0.39, 0.29) is 13.0 Å². The van der Waals surface area contributed by atoms with Gasteiger partial charge in [0.25, 0.3) is 12.7 Å². The summed E-state index contributed by atoms with van der Waals surface area (Å²) in [6.07, 6.45) is -0.691. The molecule has 11 nitrogen and oxygen atoms in total. The van der Waals surface area contributed by atoms with Gasteiger partial charge in [-0.25, -0.2) is 4.79 Å². The Morgan fingerprint density at radius 1 is 0.957 bits per heavy atom. The number of hydrogen-bond acceptors (Lipinski definition) is 10. The average molecular weight is 667 g/mol. The lowest BCUT2D eigenvalue weighted by molar-refractivity contribution is -0.214. The van der Waals surface area contributed by atoms with Crippen molar-refractivity contribution in [2.45, 2.75) is 37.4 Å². The number of nitrogens with one attached hydrogen (secondary N) is 1. The highest BCUT2D eigenvalue weighted by molar-refractivity contribution is 8.57. The first-order valence-electron chi connectivity index (χ1n) is 14.8. The van der Waals surface area contributed by atoms with Crippen molar-refractivity contribution in [1.82, 2.24) is 9.55 Å². The molecule has 0 radical (unpaired) electrons.